The first-order chi connectivity index (χ1) is 15.1. The third-order valence-corrected chi connectivity index (χ3v) is 6.33. The van der Waals surface area contributed by atoms with Gasteiger partial charge in [0, 0.05) is 17.8 Å². The number of pyridine rings is 1. The third kappa shape index (κ3) is 3.77. The van der Waals surface area contributed by atoms with Crippen LogP contribution in [0, 0.1) is 6.92 Å². The van der Waals surface area contributed by atoms with Crippen LogP contribution in [0.25, 0.3) is 11.4 Å². The third-order valence-electron chi connectivity index (χ3n) is 6.33. The molecule has 1 aliphatic carbocycles. The molecule has 31 heavy (non-hydrogen) atoms. The number of allylic oxidation sites excluding steroid dienone is 2. The molecule has 1 saturated carbocycles. The summed E-state index contributed by atoms with van der Waals surface area (Å²) < 4.78 is 2.18. The second kappa shape index (κ2) is 9.04. The molecule has 2 N–H and O–H groups in total. The minimum absolute atomic E-state index is 0.157. The monoisotopic (exact) mass is 419 g/mol. The highest BCUT2D eigenvalue weighted by atomic mass is 15.4. The lowest BCUT2D eigenvalue weighted by atomic mass is 10.0. The van der Waals surface area contributed by atoms with Crippen molar-refractivity contribution in [2.45, 2.75) is 78.3 Å². The van der Waals surface area contributed by atoms with Gasteiger partial charge < -0.3 is 10.6 Å². The Morgan fingerprint density at radius 3 is 2.68 bits per heavy atom. The fourth-order valence-corrected chi connectivity index (χ4v) is 4.92. The maximum absolute atomic E-state index is 6.29. The Hall–Kier alpha value is -2.96. The first-order valence-corrected chi connectivity index (χ1v) is 11.5. The second-order valence-corrected chi connectivity index (χ2v) is 8.28. The van der Waals surface area contributed by atoms with Crippen LogP contribution in [0.1, 0.15) is 82.6 Å². The number of hydrogen-bond donors (Lipinski definition) is 1. The molecule has 2 aromatic heterocycles. The summed E-state index contributed by atoms with van der Waals surface area (Å²) in [6.07, 6.45) is 14.5. The second-order valence-electron chi connectivity index (χ2n) is 8.28. The number of amidine groups is 1. The Bertz CT molecular complexity index is 1020. The van der Waals surface area contributed by atoms with Crippen molar-refractivity contribution in [3.63, 3.8) is 0 Å². The number of hydrogen-bond acceptors (Lipinski definition) is 5. The fraction of sp³-hybridized carbons (Fsp3) is 0.500. The van der Waals surface area contributed by atoms with Crippen LogP contribution in [0.2, 0.25) is 0 Å². The molecule has 0 saturated heterocycles. The van der Waals surface area contributed by atoms with Crippen molar-refractivity contribution in [3.8, 4) is 0 Å². The molecule has 3 heterocycles. The van der Waals surface area contributed by atoms with Crippen LogP contribution in [-0.4, -0.2) is 36.5 Å². The van der Waals surface area contributed by atoms with Gasteiger partial charge in [0.2, 0.25) is 0 Å². The van der Waals surface area contributed by atoms with E-state index in [0.29, 0.717) is 11.7 Å². The summed E-state index contributed by atoms with van der Waals surface area (Å²) in [6.45, 7) is 8.43. The summed E-state index contributed by atoms with van der Waals surface area (Å²) in [5, 5.41) is 9.01. The number of anilines is 1. The molecule has 1 aliphatic heterocycles. The minimum atomic E-state index is 0.157. The summed E-state index contributed by atoms with van der Waals surface area (Å²) in [4.78, 5) is 12.0. The van der Waals surface area contributed by atoms with E-state index in [4.69, 9.17) is 10.7 Å². The molecule has 0 aromatic carbocycles. The number of nitrogens with two attached hydrogens (primary N) is 1. The van der Waals surface area contributed by atoms with Gasteiger partial charge in [-0.05, 0) is 45.6 Å². The zero-order valence-electron chi connectivity index (χ0n) is 19.0. The highest BCUT2D eigenvalue weighted by Gasteiger charge is 2.40. The van der Waals surface area contributed by atoms with Gasteiger partial charge in [-0.1, -0.05) is 38.8 Å². The molecule has 2 aromatic rings. The molecule has 164 valence electrons. The summed E-state index contributed by atoms with van der Waals surface area (Å²) in [6, 6.07) is 2.57. The number of nitrogens with zero attached hydrogens (tertiary/aromatic N) is 6. The molecule has 7 nitrogen and oxygen atoms in total. The summed E-state index contributed by atoms with van der Waals surface area (Å²) in [5.74, 6) is 2.90. The van der Waals surface area contributed by atoms with Gasteiger partial charge in [-0.2, -0.15) is 0 Å². The number of aromatic nitrogens is 4. The maximum Gasteiger partial charge on any atom is 0.160 e. The van der Waals surface area contributed by atoms with Crippen LogP contribution < -0.4 is 5.73 Å². The number of rotatable bonds is 5. The average Bonchev–Trinajstić information content (AvgIpc) is 3.43. The largest absolute Gasteiger partial charge is 0.397 e. The molecular weight excluding hydrogens is 386 g/mol. The van der Waals surface area contributed by atoms with E-state index < -0.39 is 0 Å². The van der Waals surface area contributed by atoms with Gasteiger partial charge in [0.15, 0.2) is 11.7 Å². The molecule has 2 aliphatic rings. The van der Waals surface area contributed by atoms with Crippen LogP contribution in [0.3, 0.4) is 0 Å². The van der Waals surface area contributed by atoms with E-state index in [2.05, 4.69) is 57.6 Å². The average molecular weight is 420 g/mol. The molecule has 1 unspecified atom stereocenters. The number of aliphatic imine (C=N–C) groups is 1. The van der Waals surface area contributed by atoms with Gasteiger partial charge in [-0.15, -0.1) is 10.2 Å². The predicted octanol–water partition coefficient (Wildman–Crippen LogP) is 4.98. The Kier molecular flexibility index (Phi) is 6.20. The molecule has 0 spiro atoms. The molecular formula is C24H33N7. The van der Waals surface area contributed by atoms with Crippen LogP contribution in [0.4, 0.5) is 5.69 Å². The van der Waals surface area contributed by atoms with Crippen molar-refractivity contribution < 1.29 is 0 Å². The van der Waals surface area contributed by atoms with E-state index in [0.717, 1.165) is 47.3 Å². The van der Waals surface area contributed by atoms with E-state index in [1.807, 2.05) is 13.0 Å². The van der Waals surface area contributed by atoms with Crippen LogP contribution in [0.5, 0.6) is 0 Å². The van der Waals surface area contributed by atoms with Gasteiger partial charge >= 0.3 is 0 Å². The molecule has 4 rings (SSSR count). The van der Waals surface area contributed by atoms with E-state index in [1.54, 1.807) is 12.4 Å². The van der Waals surface area contributed by atoms with E-state index in [1.165, 1.54) is 25.7 Å². The van der Waals surface area contributed by atoms with Crippen LogP contribution in [-0.2, 0) is 0 Å². The van der Waals surface area contributed by atoms with Gasteiger partial charge in [0.25, 0.3) is 0 Å². The van der Waals surface area contributed by atoms with Crippen molar-refractivity contribution in [2.24, 2.45) is 4.99 Å². The molecule has 0 amide bonds. The zero-order chi connectivity index (χ0) is 22.0. The van der Waals surface area contributed by atoms with Crippen LogP contribution in [0.15, 0.2) is 35.6 Å². The summed E-state index contributed by atoms with van der Waals surface area (Å²) in [7, 11) is 0. The van der Waals surface area contributed by atoms with Gasteiger partial charge in [-0.3, -0.25) is 9.55 Å². The van der Waals surface area contributed by atoms with Gasteiger partial charge in [0.1, 0.15) is 5.82 Å². The lowest BCUT2D eigenvalue weighted by Gasteiger charge is -2.43. The summed E-state index contributed by atoms with van der Waals surface area (Å²) >= 11 is 0. The standard InChI is InChI=1S/C24H33N7/c1-5-10-20(18-13-14-26-15-19(18)25)27-23-21(6-2)30-16(4)28-29-24(30)22(7-3)31(23)17-11-8-9-12-17/h6,10,13-15,17,22H,5,7-9,11-12,25H2,1-4H3. The lowest BCUT2D eigenvalue weighted by Crippen LogP contribution is -2.47. The summed E-state index contributed by atoms with van der Waals surface area (Å²) in [5.41, 5.74) is 9.80. The van der Waals surface area contributed by atoms with E-state index in [9.17, 15) is 0 Å². The zero-order valence-corrected chi connectivity index (χ0v) is 19.0. The van der Waals surface area contributed by atoms with Crippen molar-refractivity contribution in [2.75, 3.05) is 5.73 Å². The Morgan fingerprint density at radius 2 is 2.03 bits per heavy atom. The number of aryl methyl sites for hydroxylation is 1. The van der Waals surface area contributed by atoms with Crippen molar-refractivity contribution >= 4 is 22.9 Å². The van der Waals surface area contributed by atoms with Crippen LogP contribution >= 0.6 is 0 Å². The Morgan fingerprint density at radius 1 is 1.26 bits per heavy atom. The van der Waals surface area contributed by atoms with Gasteiger partial charge in [0.05, 0.1) is 29.3 Å². The van der Waals surface area contributed by atoms with Gasteiger partial charge in [-0.25, -0.2) is 4.99 Å². The van der Waals surface area contributed by atoms with Crippen molar-refractivity contribution in [3.05, 3.63) is 47.8 Å². The fourth-order valence-electron chi connectivity index (χ4n) is 4.92. The maximum atomic E-state index is 6.29. The van der Waals surface area contributed by atoms with E-state index >= 15 is 0 Å². The normalized spacial score (nSPS) is 22.5. The highest BCUT2D eigenvalue weighted by Crippen LogP contribution is 2.40. The van der Waals surface area contributed by atoms with E-state index in [-0.39, 0.29) is 6.04 Å². The minimum Gasteiger partial charge on any atom is -0.397 e. The van der Waals surface area contributed by atoms with Crippen molar-refractivity contribution in [1.29, 1.82) is 0 Å². The Balaban J connectivity index is 1.94. The lowest BCUT2D eigenvalue weighted by molar-refractivity contribution is 0.218. The topological polar surface area (TPSA) is 85.2 Å². The Labute approximate surface area is 184 Å². The molecule has 7 heteroatoms. The molecule has 1 atom stereocenters. The molecule has 0 bridgehead atoms. The predicted molar refractivity (Wildman–Crippen MR) is 126 cm³/mol. The number of nitrogen functional groups attached to an aromatic ring is 1. The SMILES string of the molecule is CC=C1C(=NC(=CCC)c2ccncc2N)N(C2CCCC2)C(CC)c2nnc(C)n21. The number of fused-ring (bicyclic) bond motifs is 1. The van der Waals surface area contributed by atoms with Crippen molar-refractivity contribution in [1.82, 2.24) is 24.6 Å². The molecule has 0 radical (unpaired) electrons. The quantitative estimate of drug-likeness (QED) is 0.738. The first-order valence-electron chi connectivity index (χ1n) is 11.5. The molecule has 1 fully saturated rings. The smallest absolute Gasteiger partial charge is 0.160 e. The highest BCUT2D eigenvalue weighted by molar-refractivity contribution is 6.20. The first kappa shape index (κ1) is 21.3.